The predicted octanol–water partition coefficient (Wildman–Crippen LogP) is 2.13. The summed E-state index contributed by atoms with van der Waals surface area (Å²) in [6.45, 7) is 10.5. The molecule has 1 aromatic carbocycles. The van der Waals surface area contributed by atoms with Crippen molar-refractivity contribution < 1.29 is 9.64 Å². The fourth-order valence-corrected chi connectivity index (χ4v) is 3.09. The number of quaternary nitrogens is 1. The van der Waals surface area contributed by atoms with E-state index in [2.05, 4.69) is 32.9 Å². The molecule has 0 spiro atoms. The van der Waals surface area contributed by atoms with Crippen LogP contribution in [0, 0.1) is 19.8 Å². The molecule has 2 rings (SSSR count). The molecule has 2 atom stereocenters. The number of piperidine rings is 1. The Morgan fingerprint density at radius 3 is 2.72 bits per heavy atom. The second-order valence-electron chi connectivity index (χ2n) is 5.88. The van der Waals surface area contributed by atoms with Crippen molar-refractivity contribution in [2.75, 3.05) is 20.2 Å². The van der Waals surface area contributed by atoms with Gasteiger partial charge in [0.05, 0.1) is 20.2 Å². The highest BCUT2D eigenvalue weighted by Gasteiger charge is 2.20. The molecule has 0 saturated carbocycles. The highest BCUT2D eigenvalue weighted by Crippen LogP contribution is 2.22. The fourth-order valence-electron chi connectivity index (χ4n) is 3.09. The molecular weight excluding hydrogens is 222 g/mol. The maximum absolute atomic E-state index is 5.38. The topological polar surface area (TPSA) is 13.7 Å². The Morgan fingerprint density at radius 2 is 2.06 bits per heavy atom. The van der Waals surface area contributed by atoms with Crippen molar-refractivity contribution in [3.8, 4) is 5.75 Å². The molecule has 1 saturated heterocycles. The summed E-state index contributed by atoms with van der Waals surface area (Å²) in [6, 6.07) is 4.48. The first kappa shape index (κ1) is 13.4. The highest BCUT2D eigenvalue weighted by atomic mass is 16.5. The third-order valence-electron chi connectivity index (χ3n) is 4.16. The van der Waals surface area contributed by atoms with Crippen molar-refractivity contribution in [1.29, 1.82) is 0 Å². The Balaban J connectivity index is 2.11. The lowest BCUT2D eigenvalue weighted by Gasteiger charge is -2.28. The number of ether oxygens (including phenoxy) is 1. The number of hydrogen-bond donors (Lipinski definition) is 1. The van der Waals surface area contributed by atoms with E-state index in [0.717, 1.165) is 11.7 Å². The summed E-state index contributed by atoms with van der Waals surface area (Å²) in [7, 11) is 1.75. The van der Waals surface area contributed by atoms with Crippen LogP contribution in [0.2, 0.25) is 0 Å². The Kier molecular flexibility index (Phi) is 4.28. The second kappa shape index (κ2) is 5.75. The van der Waals surface area contributed by atoms with Gasteiger partial charge in [0.15, 0.2) is 0 Å². The first-order valence-electron chi connectivity index (χ1n) is 7.08. The van der Waals surface area contributed by atoms with E-state index >= 15 is 0 Å². The van der Waals surface area contributed by atoms with Gasteiger partial charge < -0.3 is 9.64 Å². The van der Waals surface area contributed by atoms with Gasteiger partial charge in [-0.3, -0.25) is 0 Å². The van der Waals surface area contributed by atoms with Crippen LogP contribution in [-0.4, -0.2) is 20.2 Å². The van der Waals surface area contributed by atoms with E-state index in [0.29, 0.717) is 0 Å². The molecule has 1 N–H and O–H groups in total. The van der Waals surface area contributed by atoms with E-state index in [1.807, 2.05) is 0 Å². The minimum Gasteiger partial charge on any atom is -0.496 e. The van der Waals surface area contributed by atoms with Crippen molar-refractivity contribution in [3.63, 3.8) is 0 Å². The maximum Gasteiger partial charge on any atom is 0.122 e. The van der Waals surface area contributed by atoms with E-state index < -0.39 is 0 Å². The van der Waals surface area contributed by atoms with E-state index in [-0.39, 0.29) is 0 Å². The predicted molar refractivity (Wildman–Crippen MR) is 75.3 cm³/mol. The molecule has 2 heteroatoms. The Bertz CT molecular complexity index is 414. The van der Waals surface area contributed by atoms with Gasteiger partial charge in [-0.05, 0) is 49.9 Å². The van der Waals surface area contributed by atoms with Crippen LogP contribution in [-0.2, 0) is 6.54 Å². The van der Waals surface area contributed by atoms with E-state index in [9.17, 15) is 0 Å². The van der Waals surface area contributed by atoms with Crippen molar-refractivity contribution >= 4 is 0 Å². The van der Waals surface area contributed by atoms with Gasteiger partial charge in [0.25, 0.3) is 0 Å². The van der Waals surface area contributed by atoms with Crippen LogP contribution in [0.25, 0.3) is 0 Å². The van der Waals surface area contributed by atoms with Gasteiger partial charge in [-0.2, -0.15) is 0 Å². The Hall–Kier alpha value is -1.02. The summed E-state index contributed by atoms with van der Waals surface area (Å²) in [5, 5.41) is 0. The lowest BCUT2D eigenvalue weighted by Crippen LogP contribution is -3.12. The van der Waals surface area contributed by atoms with Crippen LogP contribution in [0.1, 0.15) is 36.5 Å². The zero-order chi connectivity index (χ0) is 13.1. The van der Waals surface area contributed by atoms with Gasteiger partial charge in [-0.25, -0.2) is 0 Å². The number of aryl methyl sites for hydroxylation is 2. The average molecular weight is 248 g/mol. The molecule has 1 heterocycles. The van der Waals surface area contributed by atoms with Crippen LogP contribution in [0.15, 0.2) is 12.1 Å². The third-order valence-corrected chi connectivity index (χ3v) is 4.16. The number of likely N-dealkylation sites (tertiary alicyclic amines) is 1. The van der Waals surface area contributed by atoms with Gasteiger partial charge in [0.2, 0.25) is 0 Å². The number of rotatable bonds is 3. The zero-order valence-corrected chi connectivity index (χ0v) is 12.2. The average Bonchev–Trinajstić information content (AvgIpc) is 2.33. The molecule has 0 aliphatic carbocycles. The summed E-state index contributed by atoms with van der Waals surface area (Å²) in [5.41, 5.74) is 4.10. The summed E-state index contributed by atoms with van der Waals surface area (Å²) in [4.78, 5) is 1.74. The summed E-state index contributed by atoms with van der Waals surface area (Å²) < 4.78 is 5.38. The minimum atomic E-state index is 0.883. The van der Waals surface area contributed by atoms with Crippen LogP contribution in [0.4, 0.5) is 0 Å². The molecule has 2 nitrogen and oxygen atoms in total. The highest BCUT2D eigenvalue weighted by molar-refractivity contribution is 5.41. The molecule has 1 aromatic rings. The van der Waals surface area contributed by atoms with Crippen molar-refractivity contribution in [2.24, 2.45) is 5.92 Å². The largest absolute Gasteiger partial charge is 0.496 e. The number of methoxy groups -OCH3 is 1. The van der Waals surface area contributed by atoms with Crippen LogP contribution < -0.4 is 9.64 Å². The van der Waals surface area contributed by atoms with Crippen molar-refractivity contribution in [1.82, 2.24) is 0 Å². The molecule has 1 aliphatic heterocycles. The van der Waals surface area contributed by atoms with E-state index in [1.165, 1.54) is 49.2 Å². The quantitative estimate of drug-likeness (QED) is 0.865. The summed E-state index contributed by atoms with van der Waals surface area (Å²) in [5.74, 6) is 1.90. The lowest BCUT2D eigenvalue weighted by atomic mass is 9.98. The summed E-state index contributed by atoms with van der Waals surface area (Å²) in [6.07, 6.45) is 2.79. The monoisotopic (exact) mass is 248 g/mol. The van der Waals surface area contributed by atoms with Crippen molar-refractivity contribution in [3.05, 3.63) is 28.8 Å². The van der Waals surface area contributed by atoms with Gasteiger partial charge in [-0.1, -0.05) is 6.92 Å². The maximum atomic E-state index is 5.38. The van der Waals surface area contributed by atoms with Crippen LogP contribution >= 0.6 is 0 Å². The van der Waals surface area contributed by atoms with Crippen molar-refractivity contribution in [2.45, 2.75) is 40.2 Å². The standard InChI is InChI=1S/C16H25NO/c1-12-6-5-7-17(10-12)11-15-8-14(3)16(18-4)9-13(15)2/h8-9,12H,5-7,10-11H2,1-4H3/p+1/t12-/m1/s1. The fraction of sp³-hybridized carbons (Fsp3) is 0.625. The van der Waals surface area contributed by atoms with Gasteiger partial charge in [0.1, 0.15) is 12.3 Å². The Morgan fingerprint density at radius 1 is 1.28 bits per heavy atom. The SMILES string of the molecule is COc1cc(C)c(C[NH+]2CCC[C@@H](C)C2)cc1C. The van der Waals surface area contributed by atoms with Gasteiger partial charge in [0, 0.05) is 11.5 Å². The lowest BCUT2D eigenvalue weighted by molar-refractivity contribution is -0.922. The van der Waals surface area contributed by atoms with Crippen LogP contribution in [0.5, 0.6) is 5.75 Å². The Labute approximate surface area is 111 Å². The van der Waals surface area contributed by atoms with E-state index in [1.54, 1.807) is 12.0 Å². The van der Waals surface area contributed by atoms with Crippen LogP contribution in [0.3, 0.4) is 0 Å². The number of nitrogens with one attached hydrogen (secondary N) is 1. The molecule has 1 unspecified atom stereocenters. The second-order valence-corrected chi connectivity index (χ2v) is 5.88. The zero-order valence-electron chi connectivity index (χ0n) is 12.2. The number of benzene rings is 1. The normalized spacial score (nSPS) is 24.0. The molecule has 0 bridgehead atoms. The molecule has 100 valence electrons. The molecule has 1 fully saturated rings. The molecular formula is C16H26NO+. The first-order chi connectivity index (χ1) is 8.60. The molecule has 0 aromatic heterocycles. The molecule has 0 amide bonds. The molecule has 18 heavy (non-hydrogen) atoms. The third kappa shape index (κ3) is 3.05. The molecule has 0 radical (unpaired) electrons. The number of hydrogen-bond acceptors (Lipinski definition) is 1. The molecule has 1 aliphatic rings. The minimum absolute atomic E-state index is 0.883. The van der Waals surface area contributed by atoms with Gasteiger partial charge in [-0.15, -0.1) is 0 Å². The van der Waals surface area contributed by atoms with E-state index in [4.69, 9.17) is 4.74 Å². The smallest absolute Gasteiger partial charge is 0.122 e. The van der Waals surface area contributed by atoms with Gasteiger partial charge >= 0.3 is 0 Å². The summed E-state index contributed by atoms with van der Waals surface area (Å²) >= 11 is 0. The first-order valence-corrected chi connectivity index (χ1v) is 7.08.